The van der Waals surface area contributed by atoms with Crippen molar-refractivity contribution in [2.45, 2.75) is 37.1 Å². The number of thioether (sulfide) groups is 1. The highest BCUT2D eigenvalue weighted by atomic mass is 35.5. The lowest BCUT2D eigenvalue weighted by atomic mass is 10.1. The molecular formula is C30H36ClN5OS. The molecule has 0 radical (unpaired) electrons. The van der Waals surface area contributed by atoms with E-state index in [1.165, 1.54) is 5.56 Å². The number of rotatable bonds is 12. The summed E-state index contributed by atoms with van der Waals surface area (Å²) in [5, 5.41) is 4.11. The van der Waals surface area contributed by atoms with Crippen LogP contribution in [0.1, 0.15) is 47.7 Å². The van der Waals surface area contributed by atoms with Crippen LogP contribution < -0.4 is 10.2 Å². The molecule has 2 aromatic carbocycles. The fourth-order valence-corrected chi connectivity index (χ4v) is 5.29. The van der Waals surface area contributed by atoms with Gasteiger partial charge in [0.2, 0.25) is 0 Å². The summed E-state index contributed by atoms with van der Waals surface area (Å²) in [7, 11) is 0. The highest BCUT2D eigenvalue weighted by molar-refractivity contribution is 7.98. The first-order valence-corrected chi connectivity index (χ1v) is 14.7. The molecule has 6 nitrogen and oxygen atoms in total. The van der Waals surface area contributed by atoms with Crippen LogP contribution in [0.5, 0.6) is 0 Å². The van der Waals surface area contributed by atoms with Gasteiger partial charge in [-0.2, -0.15) is 0 Å². The number of anilines is 1. The molecular weight excluding hydrogens is 514 g/mol. The molecule has 1 fully saturated rings. The molecule has 2 heterocycles. The van der Waals surface area contributed by atoms with Crippen LogP contribution in [0.3, 0.4) is 0 Å². The number of hydrogen-bond donors (Lipinski definition) is 1. The van der Waals surface area contributed by atoms with Gasteiger partial charge in [-0.25, -0.2) is 9.97 Å². The zero-order valence-corrected chi connectivity index (χ0v) is 23.6. The standard InChI is InChI=1S/C30H36ClN5OS/c1-2-3-7-16-32-29(37)26-14-12-25(13-15-26)23-38-30-33-27(31)22-28(34-30)36-20-18-35(19-21-36)17-8-11-24-9-5-4-6-10-24/h4-6,8-15,22H,2-3,7,16-21,23H2,1H3,(H,32,37)/b11-8+. The van der Waals surface area contributed by atoms with Crippen LogP contribution in [-0.2, 0) is 5.75 Å². The summed E-state index contributed by atoms with van der Waals surface area (Å²) in [6.45, 7) is 7.56. The molecule has 38 heavy (non-hydrogen) atoms. The van der Waals surface area contributed by atoms with E-state index in [1.807, 2.05) is 36.4 Å². The first-order valence-electron chi connectivity index (χ1n) is 13.3. The zero-order valence-electron chi connectivity index (χ0n) is 22.0. The Balaban J connectivity index is 1.25. The van der Waals surface area contributed by atoms with E-state index in [1.54, 1.807) is 11.8 Å². The summed E-state index contributed by atoms with van der Waals surface area (Å²) < 4.78 is 0. The fraction of sp³-hybridized carbons (Fsp3) is 0.367. The summed E-state index contributed by atoms with van der Waals surface area (Å²) in [5.74, 6) is 1.57. The van der Waals surface area contributed by atoms with Gasteiger partial charge in [0.05, 0.1) is 0 Å². The number of carbonyl (C=O) groups is 1. The minimum atomic E-state index is -0.0181. The number of halogens is 1. The average Bonchev–Trinajstić information content (AvgIpc) is 2.95. The van der Waals surface area contributed by atoms with Gasteiger partial charge in [0.25, 0.3) is 5.91 Å². The van der Waals surface area contributed by atoms with Crippen molar-refractivity contribution in [2.75, 3.05) is 44.2 Å². The SMILES string of the molecule is CCCCCNC(=O)c1ccc(CSc2nc(Cl)cc(N3CCN(C/C=C/c4ccccc4)CC3)n2)cc1. The van der Waals surface area contributed by atoms with Crippen LogP contribution >= 0.6 is 23.4 Å². The number of aromatic nitrogens is 2. The smallest absolute Gasteiger partial charge is 0.251 e. The minimum absolute atomic E-state index is 0.0181. The molecule has 8 heteroatoms. The zero-order chi connectivity index (χ0) is 26.6. The Labute approximate surface area is 235 Å². The largest absolute Gasteiger partial charge is 0.354 e. The van der Waals surface area contributed by atoms with Crippen molar-refractivity contribution < 1.29 is 4.79 Å². The van der Waals surface area contributed by atoms with Gasteiger partial charge in [0.15, 0.2) is 5.16 Å². The molecule has 0 bridgehead atoms. The van der Waals surface area contributed by atoms with E-state index in [2.05, 4.69) is 63.4 Å². The number of amides is 1. The van der Waals surface area contributed by atoms with Gasteiger partial charge in [-0.1, -0.05) is 97.7 Å². The first kappa shape index (κ1) is 28.1. The van der Waals surface area contributed by atoms with E-state index >= 15 is 0 Å². The Kier molecular flexibility index (Phi) is 11.0. The monoisotopic (exact) mass is 549 g/mol. The molecule has 1 N–H and O–H groups in total. The lowest BCUT2D eigenvalue weighted by Gasteiger charge is -2.35. The predicted octanol–water partition coefficient (Wildman–Crippen LogP) is 6.18. The summed E-state index contributed by atoms with van der Waals surface area (Å²) >= 11 is 7.92. The topological polar surface area (TPSA) is 61.4 Å². The van der Waals surface area contributed by atoms with Crippen molar-refractivity contribution in [3.8, 4) is 0 Å². The predicted molar refractivity (Wildman–Crippen MR) is 159 cm³/mol. The van der Waals surface area contributed by atoms with Crippen molar-refractivity contribution in [3.05, 3.63) is 88.6 Å². The summed E-state index contributed by atoms with van der Waals surface area (Å²) in [5.41, 5.74) is 3.03. The van der Waals surface area contributed by atoms with E-state index in [0.29, 0.717) is 21.6 Å². The number of nitrogens with one attached hydrogen (secondary N) is 1. The number of piperazine rings is 1. The van der Waals surface area contributed by atoms with Crippen LogP contribution in [0.4, 0.5) is 5.82 Å². The number of hydrogen-bond acceptors (Lipinski definition) is 6. The number of nitrogens with zero attached hydrogens (tertiary/aromatic N) is 4. The second-order valence-electron chi connectivity index (χ2n) is 9.38. The molecule has 1 saturated heterocycles. The Morgan fingerprint density at radius 2 is 1.79 bits per heavy atom. The van der Waals surface area contributed by atoms with Crippen LogP contribution in [0.15, 0.2) is 71.9 Å². The van der Waals surface area contributed by atoms with Gasteiger partial charge in [-0.05, 0) is 29.7 Å². The number of carbonyl (C=O) groups excluding carboxylic acids is 1. The van der Waals surface area contributed by atoms with Gasteiger partial charge >= 0.3 is 0 Å². The quantitative estimate of drug-likeness (QED) is 0.126. The molecule has 1 aliphatic rings. The number of benzene rings is 2. The minimum Gasteiger partial charge on any atom is -0.354 e. The third-order valence-electron chi connectivity index (χ3n) is 6.48. The normalized spacial score (nSPS) is 14.2. The van der Waals surface area contributed by atoms with Gasteiger partial charge in [-0.3, -0.25) is 9.69 Å². The molecule has 0 atom stereocenters. The maximum Gasteiger partial charge on any atom is 0.251 e. The molecule has 4 rings (SSSR count). The Morgan fingerprint density at radius 1 is 1.03 bits per heavy atom. The van der Waals surface area contributed by atoms with Crippen LogP contribution in [0.25, 0.3) is 6.08 Å². The molecule has 1 aliphatic heterocycles. The molecule has 0 unspecified atom stereocenters. The molecule has 1 aromatic heterocycles. The van der Waals surface area contributed by atoms with Gasteiger partial charge in [-0.15, -0.1) is 0 Å². The van der Waals surface area contributed by atoms with E-state index < -0.39 is 0 Å². The van der Waals surface area contributed by atoms with Gasteiger partial charge in [0, 0.05) is 56.7 Å². The molecule has 3 aromatic rings. The molecule has 0 saturated carbocycles. The highest BCUT2D eigenvalue weighted by Gasteiger charge is 2.18. The van der Waals surface area contributed by atoms with Crippen LogP contribution in [-0.4, -0.2) is 60.0 Å². The molecule has 0 spiro atoms. The van der Waals surface area contributed by atoms with Crippen LogP contribution in [0, 0.1) is 0 Å². The fourth-order valence-electron chi connectivity index (χ4n) is 4.25. The van der Waals surface area contributed by atoms with Crippen LogP contribution in [0.2, 0.25) is 5.15 Å². The molecule has 0 aliphatic carbocycles. The molecule has 1 amide bonds. The number of unbranched alkanes of at least 4 members (excludes halogenated alkanes) is 2. The third kappa shape index (κ3) is 8.86. The Hall–Kier alpha value is -2.87. The van der Waals surface area contributed by atoms with Crippen molar-refractivity contribution in [3.63, 3.8) is 0 Å². The molecule has 200 valence electrons. The summed E-state index contributed by atoms with van der Waals surface area (Å²) in [4.78, 5) is 26.2. The Bertz CT molecular complexity index is 1180. The summed E-state index contributed by atoms with van der Waals surface area (Å²) in [6, 6.07) is 20.0. The van der Waals surface area contributed by atoms with Crippen molar-refractivity contribution >= 4 is 41.2 Å². The lowest BCUT2D eigenvalue weighted by Crippen LogP contribution is -2.46. The maximum atomic E-state index is 12.3. The second kappa shape index (κ2) is 14.9. The van der Waals surface area contributed by atoms with E-state index in [-0.39, 0.29) is 5.91 Å². The Morgan fingerprint density at radius 3 is 2.53 bits per heavy atom. The van der Waals surface area contributed by atoms with Crippen molar-refractivity contribution in [1.82, 2.24) is 20.2 Å². The van der Waals surface area contributed by atoms with E-state index in [0.717, 1.165) is 69.9 Å². The summed E-state index contributed by atoms with van der Waals surface area (Å²) in [6.07, 6.45) is 7.70. The van der Waals surface area contributed by atoms with E-state index in [4.69, 9.17) is 16.6 Å². The van der Waals surface area contributed by atoms with Crippen molar-refractivity contribution in [1.29, 1.82) is 0 Å². The second-order valence-corrected chi connectivity index (χ2v) is 10.7. The average molecular weight is 550 g/mol. The highest BCUT2D eigenvalue weighted by Crippen LogP contribution is 2.25. The maximum absolute atomic E-state index is 12.3. The van der Waals surface area contributed by atoms with Crippen molar-refractivity contribution in [2.24, 2.45) is 0 Å². The third-order valence-corrected chi connectivity index (χ3v) is 7.59. The first-order chi connectivity index (χ1) is 18.6. The van der Waals surface area contributed by atoms with Gasteiger partial charge < -0.3 is 10.2 Å². The van der Waals surface area contributed by atoms with Gasteiger partial charge in [0.1, 0.15) is 11.0 Å². The van der Waals surface area contributed by atoms with E-state index in [9.17, 15) is 4.79 Å². The lowest BCUT2D eigenvalue weighted by molar-refractivity contribution is 0.0953.